The molecule has 0 heterocycles. The van der Waals surface area contributed by atoms with Gasteiger partial charge in [-0.25, -0.2) is 0 Å². The Balaban J connectivity index is 2.44. The van der Waals surface area contributed by atoms with Gasteiger partial charge in [0.1, 0.15) is 0 Å². The minimum absolute atomic E-state index is 0.0411. The van der Waals surface area contributed by atoms with Crippen molar-refractivity contribution in [3.8, 4) is 0 Å². The Morgan fingerprint density at radius 1 is 1.25 bits per heavy atom. The molecule has 1 aromatic carbocycles. The smallest absolute Gasteiger partial charge is 0.376 e. The van der Waals surface area contributed by atoms with Crippen molar-refractivity contribution in [2.75, 3.05) is 11.9 Å². The van der Waals surface area contributed by atoms with Gasteiger partial charge in [0.05, 0.1) is 12.1 Å². The third-order valence-corrected chi connectivity index (χ3v) is 2.79. The lowest BCUT2D eigenvalue weighted by Gasteiger charge is -2.14. The number of amides is 1. The molecule has 1 aromatic rings. The van der Waals surface area contributed by atoms with Crippen molar-refractivity contribution in [3.63, 3.8) is 0 Å². The average molecular weight is 288 g/mol. The van der Waals surface area contributed by atoms with Crippen LogP contribution in [0.1, 0.15) is 32.3 Å². The monoisotopic (exact) mass is 288 g/mol. The van der Waals surface area contributed by atoms with E-state index in [1.807, 2.05) is 13.8 Å². The van der Waals surface area contributed by atoms with Gasteiger partial charge in [-0.05, 0) is 37.6 Å². The molecule has 0 fully saturated rings. The second-order valence-electron chi connectivity index (χ2n) is 4.69. The number of anilines is 1. The molecule has 0 spiro atoms. The molecule has 0 aliphatic rings. The van der Waals surface area contributed by atoms with E-state index in [-0.39, 0.29) is 18.5 Å². The van der Waals surface area contributed by atoms with E-state index in [2.05, 4.69) is 10.6 Å². The summed E-state index contributed by atoms with van der Waals surface area (Å²) >= 11 is 0. The van der Waals surface area contributed by atoms with Crippen LogP contribution in [-0.2, 0) is 11.0 Å². The van der Waals surface area contributed by atoms with Crippen LogP contribution >= 0.6 is 0 Å². The fraction of sp³-hybridized carbons (Fsp3) is 0.500. The molecule has 6 heteroatoms. The molecule has 0 radical (unpaired) electrons. The fourth-order valence-electron chi connectivity index (χ4n) is 1.79. The molecule has 0 saturated carbocycles. The van der Waals surface area contributed by atoms with Crippen LogP contribution in [0.25, 0.3) is 0 Å². The summed E-state index contributed by atoms with van der Waals surface area (Å²) in [6, 6.07) is 4.69. The summed E-state index contributed by atoms with van der Waals surface area (Å²) in [5.41, 5.74) is -0.222. The number of alkyl halides is 3. The highest BCUT2D eigenvalue weighted by atomic mass is 19.4. The van der Waals surface area contributed by atoms with Gasteiger partial charge >= 0.3 is 6.18 Å². The molecule has 20 heavy (non-hydrogen) atoms. The molecule has 0 bridgehead atoms. The summed E-state index contributed by atoms with van der Waals surface area (Å²) in [6.07, 6.45) is -2.47. The zero-order valence-electron chi connectivity index (χ0n) is 11.6. The first-order valence-electron chi connectivity index (χ1n) is 6.53. The van der Waals surface area contributed by atoms with Gasteiger partial charge in [-0.1, -0.05) is 13.3 Å². The van der Waals surface area contributed by atoms with E-state index < -0.39 is 11.7 Å². The molecule has 3 nitrogen and oxygen atoms in total. The van der Waals surface area contributed by atoms with Crippen molar-refractivity contribution in [1.29, 1.82) is 0 Å². The molecule has 0 aliphatic carbocycles. The van der Waals surface area contributed by atoms with Gasteiger partial charge in [0.2, 0.25) is 5.91 Å². The lowest BCUT2D eigenvalue weighted by molar-refractivity contribution is -0.137. The van der Waals surface area contributed by atoms with Gasteiger partial charge in [0.25, 0.3) is 0 Å². The normalized spacial score (nSPS) is 12.8. The number of rotatable bonds is 6. The first-order chi connectivity index (χ1) is 9.32. The van der Waals surface area contributed by atoms with Crippen molar-refractivity contribution in [3.05, 3.63) is 29.8 Å². The van der Waals surface area contributed by atoms with Gasteiger partial charge in [0, 0.05) is 11.7 Å². The van der Waals surface area contributed by atoms with Crippen LogP contribution in [0.15, 0.2) is 24.3 Å². The molecule has 0 aliphatic heterocycles. The minimum Gasteiger partial charge on any atom is -0.376 e. The molecule has 1 amide bonds. The third kappa shape index (κ3) is 5.50. The SMILES string of the molecule is CCCC(C)NC(=O)CNc1ccc(C(F)(F)F)cc1. The standard InChI is InChI=1S/C14H19F3N2O/c1-3-4-10(2)19-13(20)9-18-12-7-5-11(6-8-12)14(15,16)17/h5-8,10,18H,3-4,9H2,1-2H3,(H,19,20). The van der Waals surface area contributed by atoms with Crippen LogP contribution in [0.4, 0.5) is 18.9 Å². The van der Waals surface area contributed by atoms with Crippen LogP contribution < -0.4 is 10.6 Å². The first-order valence-corrected chi connectivity index (χ1v) is 6.53. The predicted molar refractivity (Wildman–Crippen MR) is 72.4 cm³/mol. The van der Waals surface area contributed by atoms with Gasteiger partial charge in [-0.15, -0.1) is 0 Å². The second kappa shape index (κ2) is 7.17. The predicted octanol–water partition coefficient (Wildman–Crippen LogP) is 3.42. The summed E-state index contributed by atoms with van der Waals surface area (Å²) < 4.78 is 37.1. The van der Waals surface area contributed by atoms with Gasteiger partial charge in [0.15, 0.2) is 0 Å². The zero-order valence-corrected chi connectivity index (χ0v) is 11.6. The Morgan fingerprint density at radius 3 is 2.35 bits per heavy atom. The van der Waals surface area contributed by atoms with E-state index in [9.17, 15) is 18.0 Å². The van der Waals surface area contributed by atoms with E-state index in [1.54, 1.807) is 0 Å². The van der Waals surface area contributed by atoms with Crippen LogP contribution in [0, 0.1) is 0 Å². The Morgan fingerprint density at radius 2 is 1.85 bits per heavy atom. The number of halogens is 3. The number of hydrogen-bond donors (Lipinski definition) is 2. The summed E-state index contributed by atoms with van der Waals surface area (Å²) in [7, 11) is 0. The van der Waals surface area contributed by atoms with E-state index in [1.165, 1.54) is 12.1 Å². The van der Waals surface area contributed by atoms with E-state index in [0.29, 0.717) is 5.69 Å². The molecule has 0 aromatic heterocycles. The number of benzene rings is 1. The summed E-state index contributed by atoms with van der Waals surface area (Å²) in [5.74, 6) is -0.175. The van der Waals surface area contributed by atoms with E-state index in [0.717, 1.165) is 25.0 Å². The summed E-state index contributed by atoms with van der Waals surface area (Å²) in [5, 5.41) is 5.60. The fourth-order valence-corrected chi connectivity index (χ4v) is 1.79. The second-order valence-corrected chi connectivity index (χ2v) is 4.69. The highest BCUT2D eigenvalue weighted by Gasteiger charge is 2.29. The summed E-state index contributed by atoms with van der Waals surface area (Å²) in [4.78, 5) is 11.6. The molecule has 2 N–H and O–H groups in total. The van der Waals surface area contributed by atoms with Crippen molar-refractivity contribution in [2.24, 2.45) is 0 Å². The highest BCUT2D eigenvalue weighted by Crippen LogP contribution is 2.29. The summed E-state index contributed by atoms with van der Waals surface area (Å²) in [6.45, 7) is 3.99. The van der Waals surface area contributed by atoms with Gasteiger partial charge in [-0.2, -0.15) is 13.2 Å². The molecule has 1 atom stereocenters. The number of nitrogens with one attached hydrogen (secondary N) is 2. The molecular formula is C14H19F3N2O. The molecule has 1 rings (SSSR count). The Labute approximate surface area is 116 Å². The quantitative estimate of drug-likeness (QED) is 0.842. The molecular weight excluding hydrogens is 269 g/mol. The lowest BCUT2D eigenvalue weighted by atomic mass is 10.2. The Hall–Kier alpha value is -1.72. The third-order valence-electron chi connectivity index (χ3n) is 2.79. The van der Waals surface area contributed by atoms with E-state index >= 15 is 0 Å². The van der Waals surface area contributed by atoms with Crippen LogP contribution in [-0.4, -0.2) is 18.5 Å². The van der Waals surface area contributed by atoms with Gasteiger partial charge in [-0.3, -0.25) is 4.79 Å². The van der Waals surface area contributed by atoms with E-state index in [4.69, 9.17) is 0 Å². The highest BCUT2D eigenvalue weighted by molar-refractivity contribution is 5.80. The van der Waals surface area contributed by atoms with Crippen LogP contribution in [0.3, 0.4) is 0 Å². The van der Waals surface area contributed by atoms with Crippen molar-refractivity contribution >= 4 is 11.6 Å². The number of hydrogen-bond acceptors (Lipinski definition) is 2. The maximum absolute atomic E-state index is 12.4. The largest absolute Gasteiger partial charge is 0.416 e. The van der Waals surface area contributed by atoms with Gasteiger partial charge < -0.3 is 10.6 Å². The average Bonchev–Trinajstić information content (AvgIpc) is 2.36. The van der Waals surface area contributed by atoms with Crippen molar-refractivity contribution in [1.82, 2.24) is 5.32 Å². The maximum atomic E-state index is 12.4. The number of carbonyl (C=O) groups excluding carboxylic acids is 1. The first kappa shape index (κ1) is 16.3. The van der Waals surface area contributed by atoms with Crippen LogP contribution in [0.5, 0.6) is 0 Å². The minimum atomic E-state index is -4.34. The topological polar surface area (TPSA) is 41.1 Å². The molecule has 1 unspecified atom stereocenters. The lowest BCUT2D eigenvalue weighted by Crippen LogP contribution is -2.36. The van der Waals surface area contributed by atoms with Crippen molar-refractivity contribution < 1.29 is 18.0 Å². The molecule has 0 saturated heterocycles. The Bertz CT molecular complexity index is 429. The van der Waals surface area contributed by atoms with Crippen molar-refractivity contribution in [2.45, 2.75) is 38.9 Å². The maximum Gasteiger partial charge on any atom is 0.416 e. The number of carbonyl (C=O) groups is 1. The van der Waals surface area contributed by atoms with Crippen LogP contribution in [0.2, 0.25) is 0 Å². The Kier molecular flexibility index (Phi) is 5.85. The molecule has 112 valence electrons. The zero-order chi connectivity index (χ0) is 15.2.